The van der Waals surface area contributed by atoms with Crippen molar-refractivity contribution in [1.29, 1.82) is 0 Å². The van der Waals surface area contributed by atoms with Crippen molar-refractivity contribution in [3.05, 3.63) is 83.6 Å². The number of methoxy groups -OCH3 is 1. The lowest BCUT2D eigenvalue weighted by molar-refractivity contribution is 0.0526. The highest BCUT2D eigenvalue weighted by molar-refractivity contribution is 6.08. The second kappa shape index (κ2) is 9.31. The van der Waals surface area contributed by atoms with Crippen LogP contribution >= 0.6 is 0 Å². The standard InChI is InChI=1S/C24H20N4O5/c1-3-33-24(31)18-14-25-28(20-12-11-15-7-4-5-10-19(15)26-20)21(18)27-22(29)16-8-6-9-17(13-16)23(30)32-2/h4-14H,3H2,1-2H3,(H,27,29). The number of anilines is 1. The zero-order valence-electron chi connectivity index (χ0n) is 17.9. The van der Waals surface area contributed by atoms with Gasteiger partial charge in [-0.2, -0.15) is 9.78 Å². The summed E-state index contributed by atoms with van der Waals surface area (Å²) in [6, 6.07) is 17.2. The molecule has 0 unspecified atom stereocenters. The minimum atomic E-state index is -0.636. The topological polar surface area (TPSA) is 112 Å². The van der Waals surface area contributed by atoms with Crippen molar-refractivity contribution in [3.63, 3.8) is 0 Å². The van der Waals surface area contributed by atoms with Crippen molar-refractivity contribution < 1.29 is 23.9 Å². The molecule has 2 aromatic carbocycles. The van der Waals surface area contributed by atoms with Crippen LogP contribution in [0, 0.1) is 0 Å². The number of aromatic nitrogens is 3. The third-order valence-electron chi connectivity index (χ3n) is 4.84. The number of nitrogens with zero attached hydrogens (tertiary/aromatic N) is 3. The first kappa shape index (κ1) is 21.7. The number of amides is 1. The molecule has 0 aliphatic carbocycles. The number of fused-ring (bicyclic) bond motifs is 1. The van der Waals surface area contributed by atoms with Crippen molar-refractivity contribution in [2.45, 2.75) is 6.92 Å². The Balaban J connectivity index is 1.75. The molecule has 4 rings (SSSR count). The van der Waals surface area contributed by atoms with E-state index in [1.54, 1.807) is 25.1 Å². The van der Waals surface area contributed by atoms with Gasteiger partial charge in [-0.1, -0.05) is 24.3 Å². The summed E-state index contributed by atoms with van der Waals surface area (Å²) in [6.45, 7) is 1.84. The largest absolute Gasteiger partial charge is 0.465 e. The number of rotatable bonds is 6. The predicted molar refractivity (Wildman–Crippen MR) is 121 cm³/mol. The molecular formula is C24H20N4O5. The molecule has 0 spiro atoms. The third kappa shape index (κ3) is 4.42. The lowest BCUT2D eigenvalue weighted by atomic mass is 10.1. The van der Waals surface area contributed by atoms with Crippen LogP contribution in [-0.4, -0.2) is 46.3 Å². The molecule has 166 valence electrons. The van der Waals surface area contributed by atoms with Crippen LogP contribution in [0.3, 0.4) is 0 Å². The molecule has 4 aromatic rings. The van der Waals surface area contributed by atoms with E-state index in [9.17, 15) is 14.4 Å². The Morgan fingerprint density at radius 1 is 0.970 bits per heavy atom. The minimum absolute atomic E-state index is 0.0734. The van der Waals surface area contributed by atoms with Crippen LogP contribution in [0.15, 0.2) is 66.9 Å². The van der Waals surface area contributed by atoms with Crippen molar-refractivity contribution in [2.75, 3.05) is 19.0 Å². The Bertz CT molecular complexity index is 1360. The Hall–Kier alpha value is -4.53. The molecule has 33 heavy (non-hydrogen) atoms. The van der Waals surface area contributed by atoms with Gasteiger partial charge in [0.1, 0.15) is 5.56 Å². The maximum absolute atomic E-state index is 13.0. The molecule has 0 atom stereocenters. The second-order valence-corrected chi connectivity index (χ2v) is 6.93. The van der Waals surface area contributed by atoms with Crippen LogP contribution in [0.25, 0.3) is 16.7 Å². The molecule has 0 aliphatic rings. The summed E-state index contributed by atoms with van der Waals surface area (Å²) in [6.07, 6.45) is 1.31. The van der Waals surface area contributed by atoms with Crippen molar-refractivity contribution in [1.82, 2.24) is 14.8 Å². The summed E-state index contributed by atoms with van der Waals surface area (Å²) in [7, 11) is 1.26. The van der Waals surface area contributed by atoms with Gasteiger partial charge in [0.2, 0.25) is 0 Å². The monoisotopic (exact) mass is 444 g/mol. The summed E-state index contributed by atoms with van der Waals surface area (Å²) >= 11 is 0. The average molecular weight is 444 g/mol. The fourth-order valence-electron chi connectivity index (χ4n) is 3.26. The minimum Gasteiger partial charge on any atom is -0.465 e. The van der Waals surface area contributed by atoms with E-state index in [2.05, 4.69) is 15.4 Å². The van der Waals surface area contributed by atoms with Crippen LogP contribution in [0.2, 0.25) is 0 Å². The van der Waals surface area contributed by atoms with Crippen LogP contribution in [0.1, 0.15) is 38.0 Å². The van der Waals surface area contributed by atoms with Gasteiger partial charge in [-0.25, -0.2) is 14.6 Å². The highest BCUT2D eigenvalue weighted by atomic mass is 16.5. The van der Waals surface area contributed by atoms with Gasteiger partial charge in [0.05, 0.1) is 31.0 Å². The summed E-state index contributed by atoms with van der Waals surface area (Å²) in [5.74, 6) is -1.24. The highest BCUT2D eigenvalue weighted by Gasteiger charge is 2.23. The van der Waals surface area contributed by atoms with E-state index >= 15 is 0 Å². The summed E-state index contributed by atoms with van der Waals surface area (Å²) in [5, 5.41) is 7.92. The molecule has 2 heterocycles. The van der Waals surface area contributed by atoms with Gasteiger partial charge in [0, 0.05) is 10.9 Å². The van der Waals surface area contributed by atoms with Crippen LogP contribution in [-0.2, 0) is 9.47 Å². The van der Waals surface area contributed by atoms with E-state index in [1.165, 1.54) is 30.1 Å². The van der Waals surface area contributed by atoms with E-state index in [4.69, 9.17) is 9.47 Å². The Labute approximate surface area is 189 Å². The molecule has 1 amide bonds. The molecule has 9 nitrogen and oxygen atoms in total. The number of nitrogens with one attached hydrogen (secondary N) is 1. The first-order chi connectivity index (χ1) is 16.0. The number of esters is 2. The predicted octanol–water partition coefficient (Wildman–Crippen LogP) is 3.64. The Kier molecular flexibility index (Phi) is 6.12. The second-order valence-electron chi connectivity index (χ2n) is 6.93. The van der Waals surface area contributed by atoms with E-state index in [0.29, 0.717) is 5.82 Å². The maximum atomic E-state index is 13.0. The van der Waals surface area contributed by atoms with Crippen molar-refractivity contribution >= 4 is 34.6 Å². The van der Waals surface area contributed by atoms with E-state index in [0.717, 1.165) is 10.9 Å². The van der Waals surface area contributed by atoms with Gasteiger partial charge in [0.15, 0.2) is 11.6 Å². The van der Waals surface area contributed by atoms with E-state index in [-0.39, 0.29) is 29.1 Å². The van der Waals surface area contributed by atoms with Crippen LogP contribution < -0.4 is 5.32 Å². The molecule has 0 aliphatic heterocycles. The molecule has 1 N–H and O–H groups in total. The number of benzene rings is 2. The summed E-state index contributed by atoms with van der Waals surface area (Å²) in [4.78, 5) is 42.0. The molecule has 2 aromatic heterocycles. The Morgan fingerprint density at radius 2 is 1.76 bits per heavy atom. The van der Waals surface area contributed by atoms with E-state index in [1.807, 2.05) is 30.3 Å². The van der Waals surface area contributed by atoms with Gasteiger partial charge >= 0.3 is 11.9 Å². The van der Waals surface area contributed by atoms with Crippen molar-refractivity contribution in [3.8, 4) is 5.82 Å². The van der Waals surface area contributed by atoms with E-state index < -0.39 is 17.8 Å². The number of carbonyl (C=O) groups is 3. The zero-order valence-corrected chi connectivity index (χ0v) is 17.9. The molecular weight excluding hydrogens is 424 g/mol. The summed E-state index contributed by atoms with van der Waals surface area (Å²) < 4.78 is 11.2. The smallest absolute Gasteiger partial charge is 0.343 e. The molecule has 0 bridgehead atoms. The number of pyridine rings is 1. The Morgan fingerprint density at radius 3 is 2.55 bits per heavy atom. The van der Waals surface area contributed by atoms with Crippen LogP contribution in [0.5, 0.6) is 0 Å². The fourth-order valence-corrected chi connectivity index (χ4v) is 3.26. The normalized spacial score (nSPS) is 10.6. The quantitative estimate of drug-likeness (QED) is 0.452. The number of para-hydroxylation sites is 1. The lowest BCUT2D eigenvalue weighted by Crippen LogP contribution is -2.19. The number of hydrogen-bond donors (Lipinski definition) is 1. The SMILES string of the molecule is CCOC(=O)c1cnn(-c2ccc3ccccc3n2)c1NC(=O)c1cccc(C(=O)OC)c1. The fraction of sp³-hybridized carbons (Fsp3) is 0.125. The van der Waals surface area contributed by atoms with Crippen LogP contribution in [0.4, 0.5) is 5.82 Å². The maximum Gasteiger partial charge on any atom is 0.343 e. The number of ether oxygens (including phenoxy) is 2. The van der Waals surface area contributed by atoms with Gasteiger partial charge in [-0.05, 0) is 43.3 Å². The summed E-state index contributed by atoms with van der Waals surface area (Å²) in [5.41, 5.74) is 1.22. The zero-order chi connectivity index (χ0) is 23.4. The number of hydrogen-bond acceptors (Lipinski definition) is 7. The molecule has 0 radical (unpaired) electrons. The van der Waals surface area contributed by atoms with Gasteiger partial charge in [-0.15, -0.1) is 0 Å². The molecule has 0 saturated heterocycles. The third-order valence-corrected chi connectivity index (χ3v) is 4.84. The average Bonchev–Trinajstić information content (AvgIpc) is 3.27. The first-order valence-electron chi connectivity index (χ1n) is 10.1. The number of carbonyl (C=O) groups excluding carboxylic acids is 3. The lowest BCUT2D eigenvalue weighted by Gasteiger charge is -2.11. The molecule has 0 fully saturated rings. The van der Waals surface area contributed by atoms with Crippen molar-refractivity contribution in [2.24, 2.45) is 0 Å². The molecule has 9 heteroatoms. The molecule has 0 saturated carbocycles. The van der Waals surface area contributed by atoms with Gasteiger partial charge < -0.3 is 14.8 Å². The first-order valence-corrected chi connectivity index (χ1v) is 10.1. The van der Waals surface area contributed by atoms with Gasteiger partial charge in [-0.3, -0.25) is 4.79 Å². The van der Waals surface area contributed by atoms with Gasteiger partial charge in [0.25, 0.3) is 5.91 Å². The highest BCUT2D eigenvalue weighted by Crippen LogP contribution is 2.23.